The van der Waals surface area contributed by atoms with Crippen LogP contribution in [-0.2, 0) is 16.0 Å². The van der Waals surface area contributed by atoms with Crippen LogP contribution in [0.3, 0.4) is 0 Å². The Kier molecular flexibility index (Phi) is 7.47. The van der Waals surface area contributed by atoms with E-state index in [2.05, 4.69) is 22.5 Å². The SMILES string of the molecule is CCOC(=O)C1=C(CN2CCN(c3ccccc3F)CC2)NC(=O)NC1c1ccc(CC)cc1. The van der Waals surface area contributed by atoms with Gasteiger partial charge < -0.3 is 20.3 Å². The van der Waals surface area contributed by atoms with Crippen molar-refractivity contribution in [3.05, 3.63) is 76.7 Å². The van der Waals surface area contributed by atoms with Gasteiger partial charge in [-0.15, -0.1) is 0 Å². The largest absolute Gasteiger partial charge is 0.463 e. The van der Waals surface area contributed by atoms with Crippen molar-refractivity contribution in [2.24, 2.45) is 0 Å². The Labute approximate surface area is 199 Å². The van der Waals surface area contributed by atoms with Crippen LogP contribution in [0.5, 0.6) is 0 Å². The van der Waals surface area contributed by atoms with E-state index in [4.69, 9.17) is 4.74 Å². The van der Waals surface area contributed by atoms with Crippen LogP contribution in [0.15, 0.2) is 59.8 Å². The number of carbonyl (C=O) groups excluding carboxylic acids is 2. The molecule has 1 unspecified atom stereocenters. The van der Waals surface area contributed by atoms with Crippen LogP contribution in [0.1, 0.15) is 31.0 Å². The average Bonchev–Trinajstić information content (AvgIpc) is 2.85. The fourth-order valence-corrected chi connectivity index (χ4v) is 4.47. The summed E-state index contributed by atoms with van der Waals surface area (Å²) in [6, 6.07) is 13.7. The third kappa shape index (κ3) is 5.22. The van der Waals surface area contributed by atoms with Crippen LogP contribution in [0.4, 0.5) is 14.9 Å². The Bertz CT molecular complexity index is 1060. The van der Waals surface area contributed by atoms with Crippen LogP contribution in [0.2, 0.25) is 0 Å². The van der Waals surface area contributed by atoms with Gasteiger partial charge in [0.05, 0.1) is 23.9 Å². The molecule has 2 amide bonds. The molecule has 34 heavy (non-hydrogen) atoms. The minimum absolute atomic E-state index is 0.231. The molecule has 2 heterocycles. The van der Waals surface area contributed by atoms with Crippen LogP contribution in [0.25, 0.3) is 0 Å². The second kappa shape index (κ2) is 10.7. The molecule has 0 radical (unpaired) electrons. The Hall–Kier alpha value is -3.39. The number of hydrogen-bond donors (Lipinski definition) is 2. The van der Waals surface area contributed by atoms with Gasteiger partial charge in [0.15, 0.2) is 0 Å². The van der Waals surface area contributed by atoms with Crippen LogP contribution < -0.4 is 15.5 Å². The maximum atomic E-state index is 14.2. The third-order valence-electron chi connectivity index (χ3n) is 6.32. The Morgan fingerprint density at radius 1 is 1.06 bits per heavy atom. The van der Waals surface area contributed by atoms with E-state index in [0.29, 0.717) is 49.7 Å². The number of hydrogen-bond acceptors (Lipinski definition) is 5. The molecule has 0 spiro atoms. The van der Waals surface area contributed by atoms with Gasteiger partial charge >= 0.3 is 12.0 Å². The van der Waals surface area contributed by atoms with Gasteiger partial charge in [0.1, 0.15) is 5.82 Å². The predicted molar refractivity (Wildman–Crippen MR) is 129 cm³/mol. The summed E-state index contributed by atoms with van der Waals surface area (Å²) < 4.78 is 19.5. The zero-order chi connectivity index (χ0) is 24.1. The minimum atomic E-state index is -0.589. The first kappa shape index (κ1) is 23.8. The zero-order valence-electron chi connectivity index (χ0n) is 19.6. The molecule has 7 nitrogen and oxygen atoms in total. The normalized spacial score (nSPS) is 19.0. The number of piperazine rings is 1. The number of nitrogens with zero attached hydrogens (tertiary/aromatic N) is 2. The van der Waals surface area contributed by atoms with Gasteiger partial charge in [0.2, 0.25) is 0 Å². The molecule has 1 atom stereocenters. The Morgan fingerprint density at radius 2 is 1.76 bits per heavy atom. The van der Waals surface area contributed by atoms with Crippen LogP contribution in [0, 0.1) is 5.82 Å². The summed E-state index contributed by atoms with van der Waals surface area (Å²) in [6.45, 7) is 7.13. The summed E-state index contributed by atoms with van der Waals surface area (Å²) in [5, 5.41) is 5.73. The number of rotatable bonds is 7. The molecule has 4 rings (SSSR count). The number of urea groups is 1. The van der Waals surface area contributed by atoms with E-state index in [1.165, 1.54) is 11.6 Å². The van der Waals surface area contributed by atoms with E-state index in [1.807, 2.05) is 35.2 Å². The second-order valence-corrected chi connectivity index (χ2v) is 8.45. The van der Waals surface area contributed by atoms with Crippen molar-refractivity contribution in [3.63, 3.8) is 0 Å². The molecule has 0 aromatic heterocycles. The quantitative estimate of drug-likeness (QED) is 0.612. The number of anilines is 1. The molecule has 180 valence electrons. The summed E-state index contributed by atoms with van der Waals surface area (Å²) >= 11 is 0. The number of halogens is 1. The van der Waals surface area contributed by atoms with Gasteiger partial charge in [-0.3, -0.25) is 4.90 Å². The van der Waals surface area contributed by atoms with E-state index in [9.17, 15) is 14.0 Å². The van der Waals surface area contributed by atoms with E-state index >= 15 is 0 Å². The fraction of sp³-hybridized carbons (Fsp3) is 0.385. The van der Waals surface area contributed by atoms with Crippen molar-refractivity contribution in [3.8, 4) is 0 Å². The first-order chi connectivity index (χ1) is 16.5. The smallest absolute Gasteiger partial charge is 0.338 e. The predicted octanol–water partition coefficient (Wildman–Crippen LogP) is 3.38. The Balaban J connectivity index is 1.56. The fourth-order valence-electron chi connectivity index (χ4n) is 4.47. The lowest BCUT2D eigenvalue weighted by Crippen LogP contribution is -2.52. The number of benzene rings is 2. The Morgan fingerprint density at radius 3 is 2.41 bits per heavy atom. The third-order valence-corrected chi connectivity index (χ3v) is 6.32. The highest BCUT2D eigenvalue weighted by Gasteiger charge is 2.34. The lowest BCUT2D eigenvalue weighted by atomic mass is 9.94. The molecule has 2 aromatic carbocycles. The zero-order valence-corrected chi connectivity index (χ0v) is 19.6. The molecule has 2 aliphatic heterocycles. The molecular weight excluding hydrogens is 435 g/mol. The van der Waals surface area contributed by atoms with Crippen molar-refractivity contribution < 1.29 is 18.7 Å². The number of nitrogens with one attached hydrogen (secondary N) is 2. The van der Waals surface area contributed by atoms with Gasteiger partial charge in [0.25, 0.3) is 0 Å². The van der Waals surface area contributed by atoms with Crippen molar-refractivity contribution in [1.29, 1.82) is 0 Å². The van der Waals surface area contributed by atoms with Crippen molar-refractivity contribution in [1.82, 2.24) is 15.5 Å². The van der Waals surface area contributed by atoms with Gasteiger partial charge in [-0.25, -0.2) is 14.0 Å². The van der Waals surface area contributed by atoms with Gasteiger partial charge in [-0.1, -0.05) is 43.3 Å². The van der Waals surface area contributed by atoms with E-state index in [-0.39, 0.29) is 18.5 Å². The molecule has 8 heteroatoms. The molecule has 0 bridgehead atoms. The first-order valence-corrected chi connectivity index (χ1v) is 11.8. The monoisotopic (exact) mass is 466 g/mol. The van der Waals surface area contributed by atoms with Crippen LogP contribution >= 0.6 is 0 Å². The topological polar surface area (TPSA) is 73.9 Å². The second-order valence-electron chi connectivity index (χ2n) is 8.45. The average molecular weight is 467 g/mol. The van der Waals surface area contributed by atoms with Gasteiger partial charge in [0, 0.05) is 38.4 Å². The maximum absolute atomic E-state index is 14.2. The molecule has 1 fully saturated rings. The lowest BCUT2D eigenvalue weighted by Gasteiger charge is -2.38. The molecular formula is C26H31FN4O3. The maximum Gasteiger partial charge on any atom is 0.338 e. The highest BCUT2D eigenvalue weighted by atomic mass is 19.1. The standard InChI is InChI=1S/C26H31FN4O3/c1-3-18-9-11-19(12-10-18)24-23(25(32)34-4-2)21(28-26(33)29-24)17-30-13-15-31(16-14-30)22-8-6-5-7-20(22)27/h5-12,24H,3-4,13-17H2,1-2H3,(H2,28,29,33). The highest BCUT2D eigenvalue weighted by Crippen LogP contribution is 2.29. The molecule has 2 aromatic rings. The minimum Gasteiger partial charge on any atom is -0.463 e. The van der Waals surface area contributed by atoms with E-state index in [0.717, 1.165) is 12.0 Å². The highest BCUT2D eigenvalue weighted by molar-refractivity contribution is 5.95. The molecule has 2 aliphatic rings. The first-order valence-electron chi connectivity index (χ1n) is 11.8. The van der Waals surface area contributed by atoms with Gasteiger partial charge in [-0.2, -0.15) is 0 Å². The summed E-state index contributed by atoms with van der Waals surface area (Å²) in [5.74, 6) is -0.676. The van der Waals surface area contributed by atoms with Crippen LogP contribution in [-0.4, -0.2) is 56.2 Å². The summed E-state index contributed by atoms with van der Waals surface area (Å²) in [6.07, 6.45) is 0.906. The number of amides is 2. The number of carbonyl (C=O) groups is 2. The summed E-state index contributed by atoms with van der Waals surface area (Å²) in [4.78, 5) is 29.7. The number of para-hydroxylation sites is 1. The molecule has 1 saturated heterocycles. The van der Waals surface area contributed by atoms with Crippen molar-refractivity contribution in [2.75, 3.05) is 44.2 Å². The summed E-state index contributed by atoms with van der Waals surface area (Å²) in [5.41, 5.74) is 3.57. The number of ether oxygens (including phenoxy) is 1. The lowest BCUT2D eigenvalue weighted by molar-refractivity contribution is -0.139. The van der Waals surface area contributed by atoms with Gasteiger partial charge in [-0.05, 0) is 36.6 Å². The van der Waals surface area contributed by atoms with E-state index < -0.39 is 12.0 Å². The van der Waals surface area contributed by atoms with Crippen molar-refractivity contribution in [2.45, 2.75) is 26.3 Å². The molecule has 0 saturated carbocycles. The molecule has 0 aliphatic carbocycles. The van der Waals surface area contributed by atoms with Crippen molar-refractivity contribution >= 4 is 17.7 Å². The molecule has 2 N–H and O–H groups in total. The summed E-state index contributed by atoms with van der Waals surface area (Å²) in [7, 11) is 0. The van der Waals surface area contributed by atoms with E-state index in [1.54, 1.807) is 19.1 Å². The number of esters is 1. The number of aryl methyl sites for hydroxylation is 1.